The van der Waals surface area contributed by atoms with Gasteiger partial charge in [-0.2, -0.15) is 5.10 Å². The Morgan fingerprint density at radius 2 is 1.87 bits per heavy atom. The minimum atomic E-state index is -1.59. The Morgan fingerprint density at radius 1 is 1.10 bits per heavy atom. The number of rotatable bonds is 3. The van der Waals surface area contributed by atoms with Crippen molar-refractivity contribution >= 4 is 32.5 Å². The van der Waals surface area contributed by atoms with E-state index in [-0.39, 0.29) is 18.1 Å². The Balaban J connectivity index is 1.46. The molecule has 4 radical (unpaired) electrons. The molecule has 0 fully saturated rings. The summed E-state index contributed by atoms with van der Waals surface area (Å²) in [5.41, 5.74) is 3.55. The first kappa shape index (κ1) is 18.6. The number of pyridine rings is 1. The van der Waals surface area contributed by atoms with E-state index in [9.17, 15) is 9.18 Å². The second-order valence-corrected chi connectivity index (χ2v) is 7.46. The van der Waals surface area contributed by atoms with Gasteiger partial charge in [-0.15, -0.1) is 0 Å². The zero-order valence-electron chi connectivity index (χ0n) is 16.2. The molecule has 0 aliphatic carbocycles. The first-order chi connectivity index (χ1) is 14.4. The van der Waals surface area contributed by atoms with Crippen molar-refractivity contribution in [2.45, 2.75) is 11.9 Å². The lowest BCUT2D eigenvalue weighted by Crippen LogP contribution is -2.44. The molecule has 0 unspecified atom stereocenters. The molecule has 0 saturated carbocycles. The summed E-state index contributed by atoms with van der Waals surface area (Å²) in [6.07, 6.45) is 3.30. The highest BCUT2D eigenvalue weighted by atomic mass is 19.1. The summed E-state index contributed by atoms with van der Waals surface area (Å²) in [6.45, 7) is -0.0596. The molecule has 1 aliphatic heterocycles. The van der Waals surface area contributed by atoms with Crippen LogP contribution >= 0.6 is 0 Å². The van der Waals surface area contributed by atoms with E-state index in [0.29, 0.717) is 11.1 Å². The Kier molecular flexibility index (Phi) is 4.07. The Labute approximate surface area is 175 Å². The molecule has 2 aromatic carbocycles. The molecule has 5 nitrogen and oxygen atoms in total. The smallest absolute Gasteiger partial charge is 0.255 e. The van der Waals surface area contributed by atoms with Crippen molar-refractivity contribution in [3.63, 3.8) is 0 Å². The summed E-state index contributed by atoms with van der Waals surface area (Å²) < 4.78 is 16.7. The molecule has 2 aromatic heterocycles. The van der Waals surface area contributed by atoms with Crippen LogP contribution in [0, 0.1) is 5.82 Å². The van der Waals surface area contributed by atoms with Gasteiger partial charge in [0.1, 0.15) is 5.82 Å². The van der Waals surface area contributed by atoms with Gasteiger partial charge in [0.05, 0.1) is 38.7 Å². The average Bonchev–Trinajstić information content (AvgIpc) is 3.20. The third-order valence-electron chi connectivity index (χ3n) is 5.57. The molecule has 0 saturated heterocycles. The van der Waals surface area contributed by atoms with Gasteiger partial charge in [-0.3, -0.25) is 14.5 Å². The van der Waals surface area contributed by atoms with Crippen LogP contribution in [0.4, 0.5) is 4.39 Å². The SMILES string of the molecule is [B]C1([B])c2ncccc2C(=O)N1Cc1ccc(-c2ccc3c(cnn3C)c2)cc1F. The molecule has 4 aromatic rings. The fourth-order valence-corrected chi connectivity index (χ4v) is 3.91. The van der Waals surface area contributed by atoms with Gasteiger partial charge in [0.15, 0.2) is 0 Å². The van der Waals surface area contributed by atoms with Gasteiger partial charge in [0.2, 0.25) is 0 Å². The number of halogens is 1. The van der Waals surface area contributed by atoms with Crippen LogP contribution in [0.3, 0.4) is 0 Å². The highest BCUT2D eigenvalue weighted by Gasteiger charge is 2.43. The molecule has 0 spiro atoms. The predicted octanol–water partition coefficient (Wildman–Crippen LogP) is 2.88. The zero-order valence-corrected chi connectivity index (χ0v) is 16.2. The molecular formula is C22H15B2FN4O. The van der Waals surface area contributed by atoms with E-state index in [1.165, 1.54) is 17.2 Å². The highest BCUT2D eigenvalue weighted by Crippen LogP contribution is 2.35. The van der Waals surface area contributed by atoms with E-state index in [1.807, 2.05) is 31.3 Å². The molecule has 0 atom stereocenters. The minimum absolute atomic E-state index is 0.0596. The summed E-state index contributed by atoms with van der Waals surface area (Å²) >= 11 is 0. The zero-order chi connectivity index (χ0) is 21.0. The van der Waals surface area contributed by atoms with Crippen molar-refractivity contribution in [1.82, 2.24) is 19.7 Å². The molecule has 142 valence electrons. The van der Waals surface area contributed by atoms with Gasteiger partial charge < -0.3 is 4.90 Å². The first-order valence-electron chi connectivity index (χ1n) is 9.42. The fraction of sp³-hybridized carbons (Fsp3) is 0.136. The molecule has 5 rings (SSSR count). The largest absolute Gasteiger partial charge is 0.340 e. The van der Waals surface area contributed by atoms with Crippen LogP contribution in [0.5, 0.6) is 0 Å². The Morgan fingerprint density at radius 3 is 2.63 bits per heavy atom. The lowest BCUT2D eigenvalue weighted by atomic mass is 9.59. The summed E-state index contributed by atoms with van der Waals surface area (Å²) in [4.78, 5) is 18.1. The Hall–Kier alpha value is -3.41. The van der Waals surface area contributed by atoms with E-state index >= 15 is 0 Å². The van der Waals surface area contributed by atoms with E-state index in [4.69, 9.17) is 15.7 Å². The standard InChI is InChI=1S/C22H15B2FN4O/c1-28-19-7-6-13(9-16(19)11-27-28)14-4-5-15(18(25)10-14)12-29-21(30)17-3-2-8-26-20(17)22(29,23)24/h2-11H,12H2,1H3. The van der Waals surface area contributed by atoms with Crippen LogP contribution < -0.4 is 0 Å². The topological polar surface area (TPSA) is 51.0 Å². The molecule has 3 heterocycles. The second-order valence-electron chi connectivity index (χ2n) is 7.46. The van der Waals surface area contributed by atoms with Crippen molar-refractivity contribution in [3.8, 4) is 11.1 Å². The number of amides is 1. The van der Waals surface area contributed by atoms with Crippen molar-refractivity contribution in [1.29, 1.82) is 0 Å². The molecule has 30 heavy (non-hydrogen) atoms. The monoisotopic (exact) mass is 392 g/mol. The van der Waals surface area contributed by atoms with E-state index < -0.39 is 11.2 Å². The number of hydrogen-bond acceptors (Lipinski definition) is 3. The molecule has 0 N–H and O–H groups in total. The number of carbonyl (C=O) groups is 1. The quantitative estimate of drug-likeness (QED) is 0.504. The summed E-state index contributed by atoms with van der Waals surface area (Å²) in [5, 5.41) is 3.62. The van der Waals surface area contributed by atoms with Crippen LogP contribution in [0.2, 0.25) is 0 Å². The summed E-state index contributed by atoms with van der Waals surface area (Å²) in [6, 6.07) is 14.0. The number of benzene rings is 2. The lowest BCUT2D eigenvalue weighted by molar-refractivity contribution is 0.0729. The van der Waals surface area contributed by atoms with Gasteiger partial charge in [0.25, 0.3) is 5.91 Å². The number of carbonyl (C=O) groups excluding carboxylic acids is 1. The van der Waals surface area contributed by atoms with Crippen molar-refractivity contribution in [3.05, 3.63) is 83.6 Å². The van der Waals surface area contributed by atoms with Gasteiger partial charge in [-0.1, -0.05) is 18.2 Å². The van der Waals surface area contributed by atoms with E-state index in [1.54, 1.807) is 29.1 Å². The van der Waals surface area contributed by atoms with Crippen molar-refractivity contribution < 1.29 is 9.18 Å². The van der Waals surface area contributed by atoms with Gasteiger partial charge in [-0.25, -0.2) is 4.39 Å². The van der Waals surface area contributed by atoms with Crippen LogP contribution in [-0.2, 0) is 18.9 Å². The Bertz CT molecular complexity index is 1320. The normalized spacial score (nSPS) is 15.0. The number of hydrogen-bond donors (Lipinski definition) is 0. The predicted molar refractivity (Wildman–Crippen MR) is 113 cm³/mol. The maximum atomic E-state index is 15.0. The molecule has 1 aliphatic rings. The highest BCUT2D eigenvalue weighted by molar-refractivity contribution is 6.42. The van der Waals surface area contributed by atoms with Crippen LogP contribution in [0.15, 0.2) is 60.9 Å². The van der Waals surface area contributed by atoms with Crippen LogP contribution in [0.1, 0.15) is 21.6 Å². The minimum Gasteiger partial charge on any atom is -0.340 e. The van der Waals surface area contributed by atoms with Crippen molar-refractivity contribution in [2.24, 2.45) is 7.05 Å². The summed E-state index contributed by atoms with van der Waals surface area (Å²) in [7, 11) is 14.2. The molecule has 1 amide bonds. The van der Waals surface area contributed by atoms with Gasteiger partial charge in [0, 0.05) is 36.1 Å². The average molecular weight is 392 g/mol. The van der Waals surface area contributed by atoms with Gasteiger partial charge >= 0.3 is 0 Å². The summed E-state index contributed by atoms with van der Waals surface area (Å²) in [5.74, 6) is -0.806. The van der Waals surface area contributed by atoms with E-state index in [0.717, 1.165) is 22.0 Å². The third kappa shape index (κ3) is 2.75. The molecule has 0 bridgehead atoms. The molecular weight excluding hydrogens is 377 g/mol. The van der Waals surface area contributed by atoms with Gasteiger partial charge in [-0.05, 0) is 41.5 Å². The number of aryl methyl sites for hydroxylation is 1. The lowest BCUT2D eigenvalue weighted by Gasteiger charge is -2.33. The van der Waals surface area contributed by atoms with Crippen LogP contribution in [-0.4, -0.2) is 41.3 Å². The van der Waals surface area contributed by atoms with Crippen LogP contribution in [0.25, 0.3) is 22.0 Å². The number of nitrogens with zero attached hydrogens (tertiary/aromatic N) is 4. The van der Waals surface area contributed by atoms with Crippen molar-refractivity contribution in [2.75, 3.05) is 0 Å². The maximum absolute atomic E-state index is 15.0. The molecule has 8 heteroatoms. The number of aromatic nitrogens is 3. The maximum Gasteiger partial charge on any atom is 0.255 e. The third-order valence-corrected chi connectivity index (χ3v) is 5.57. The fourth-order valence-electron chi connectivity index (χ4n) is 3.91. The van der Waals surface area contributed by atoms with E-state index in [2.05, 4.69) is 10.1 Å². The second kappa shape index (κ2) is 6.55. The number of fused-ring (bicyclic) bond motifs is 2. The first-order valence-corrected chi connectivity index (χ1v) is 9.42.